The Bertz CT molecular complexity index is 740. The lowest BCUT2D eigenvalue weighted by Gasteiger charge is -2.39. The summed E-state index contributed by atoms with van der Waals surface area (Å²) in [7, 11) is 2.03. The van der Waals surface area contributed by atoms with E-state index in [1.165, 1.54) is 0 Å². The third-order valence-corrected chi connectivity index (χ3v) is 5.75. The van der Waals surface area contributed by atoms with Crippen LogP contribution < -0.4 is 10.2 Å². The monoisotopic (exact) mass is 364 g/mol. The van der Waals surface area contributed by atoms with E-state index in [0.717, 1.165) is 48.7 Å². The van der Waals surface area contributed by atoms with Gasteiger partial charge in [-0.05, 0) is 39.8 Å². The Hall–Kier alpha value is -1.36. The molecule has 2 aromatic rings. The van der Waals surface area contributed by atoms with E-state index in [1.54, 1.807) is 6.07 Å². The molecule has 0 unspecified atom stereocenters. The van der Waals surface area contributed by atoms with Crippen LogP contribution in [-0.2, 0) is 0 Å². The molecule has 0 radical (unpaired) electrons. The number of nitrogens with zero attached hydrogens (tertiary/aromatic N) is 3. The largest absolute Gasteiger partial charge is 0.355 e. The summed E-state index contributed by atoms with van der Waals surface area (Å²) in [6.07, 6.45) is 4.01. The fraction of sp³-hybridized carbons (Fsp3) is 0.444. The van der Waals surface area contributed by atoms with Gasteiger partial charge in [0.05, 0.1) is 27.6 Å². The maximum atomic E-state index is 6.32. The van der Waals surface area contributed by atoms with Crippen LogP contribution in [0.3, 0.4) is 0 Å². The van der Waals surface area contributed by atoms with Gasteiger partial charge in [0.1, 0.15) is 5.82 Å². The molecule has 0 atom stereocenters. The summed E-state index contributed by atoms with van der Waals surface area (Å²) in [4.78, 5) is 11.7. The van der Waals surface area contributed by atoms with Crippen molar-refractivity contribution < 1.29 is 0 Å². The van der Waals surface area contributed by atoms with Gasteiger partial charge in [-0.25, -0.2) is 4.98 Å². The molecule has 1 fully saturated rings. The quantitative estimate of drug-likeness (QED) is 0.879. The lowest BCUT2D eigenvalue weighted by molar-refractivity contribution is 0.304. The summed E-state index contributed by atoms with van der Waals surface area (Å²) in [6.45, 7) is 6.18. The van der Waals surface area contributed by atoms with Gasteiger partial charge in [-0.2, -0.15) is 0 Å². The zero-order valence-electron chi connectivity index (χ0n) is 14.2. The number of piperidine rings is 1. The molecule has 6 heteroatoms. The fourth-order valence-corrected chi connectivity index (χ4v) is 3.44. The van der Waals surface area contributed by atoms with Crippen LogP contribution in [-0.4, -0.2) is 35.6 Å². The van der Waals surface area contributed by atoms with Crippen LogP contribution in [0.5, 0.6) is 0 Å². The fourth-order valence-electron chi connectivity index (χ4n) is 3.05. The second kappa shape index (κ2) is 6.87. The summed E-state index contributed by atoms with van der Waals surface area (Å²) in [5.74, 6) is 0.924. The van der Waals surface area contributed by atoms with Crippen LogP contribution in [0.2, 0.25) is 10.0 Å². The van der Waals surface area contributed by atoms with E-state index in [1.807, 2.05) is 32.3 Å². The minimum absolute atomic E-state index is 0.216. The summed E-state index contributed by atoms with van der Waals surface area (Å²) in [5, 5.41) is 4.47. The minimum Gasteiger partial charge on any atom is -0.355 e. The molecule has 1 aliphatic heterocycles. The zero-order valence-corrected chi connectivity index (χ0v) is 15.7. The van der Waals surface area contributed by atoms with Crippen molar-refractivity contribution in [2.75, 3.05) is 25.0 Å². The van der Waals surface area contributed by atoms with E-state index in [-0.39, 0.29) is 5.54 Å². The van der Waals surface area contributed by atoms with Crippen molar-refractivity contribution in [2.24, 2.45) is 0 Å². The third kappa shape index (κ3) is 3.37. The van der Waals surface area contributed by atoms with E-state index in [2.05, 4.69) is 22.1 Å². The van der Waals surface area contributed by atoms with E-state index in [0.29, 0.717) is 10.0 Å². The summed E-state index contributed by atoms with van der Waals surface area (Å²) >= 11 is 12.4. The smallest absolute Gasteiger partial charge is 0.147 e. The summed E-state index contributed by atoms with van der Waals surface area (Å²) in [6, 6.07) is 5.57. The van der Waals surface area contributed by atoms with Crippen LogP contribution in [0.15, 0.2) is 24.4 Å². The standard InChI is InChI=1S/C18H22Cl2N4/c1-12-17(13-5-4-6-14(19)16(13)20)22-11-15(23-12)24-9-7-18(2,21-3)8-10-24/h4-6,11,21H,7-10H2,1-3H3. The molecule has 24 heavy (non-hydrogen) atoms. The maximum Gasteiger partial charge on any atom is 0.147 e. The first-order chi connectivity index (χ1) is 11.4. The average Bonchev–Trinajstić information content (AvgIpc) is 2.58. The van der Waals surface area contributed by atoms with Crippen molar-refractivity contribution in [3.05, 3.63) is 40.1 Å². The SMILES string of the molecule is CNC1(C)CCN(c2cnc(-c3cccc(Cl)c3Cl)c(C)n2)CC1. The molecule has 1 N–H and O–H groups in total. The van der Waals surface area contributed by atoms with Crippen molar-refractivity contribution in [3.8, 4) is 11.3 Å². The van der Waals surface area contributed by atoms with Crippen LogP contribution in [0.1, 0.15) is 25.5 Å². The van der Waals surface area contributed by atoms with Crippen LogP contribution in [0.4, 0.5) is 5.82 Å². The first kappa shape index (κ1) is 17.5. The molecular formula is C18H22Cl2N4. The molecule has 1 aromatic heterocycles. The molecule has 4 nitrogen and oxygen atoms in total. The molecule has 1 aliphatic rings. The molecule has 2 heterocycles. The number of nitrogens with one attached hydrogen (secondary N) is 1. The van der Waals surface area contributed by atoms with Crippen molar-refractivity contribution >= 4 is 29.0 Å². The number of rotatable bonds is 3. The first-order valence-electron chi connectivity index (χ1n) is 8.15. The van der Waals surface area contributed by atoms with Crippen LogP contribution in [0.25, 0.3) is 11.3 Å². The Kier molecular flexibility index (Phi) is 5.00. The summed E-state index contributed by atoms with van der Waals surface area (Å²) in [5.41, 5.74) is 2.68. The topological polar surface area (TPSA) is 41.0 Å². The molecule has 0 aliphatic carbocycles. The maximum absolute atomic E-state index is 6.32. The predicted molar refractivity (Wildman–Crippen MR) is 101 cm³/mol. The highest BCUT2D eigenvalue weighted by atomic mass is 35.5. The van der Waals surface area contributed by atoms with Crippen molar-refractivity contribution in [3.63, 3.8) is 0 Å². The van der Waals surface area contributed by atoms with E-state index >= 15 is 0 Å². The molecule has 1 saturated heterocycles. The van der Waals surface area contributed by atoms with E-state index < -0.39 is 0 Å². The number of hydrogen-bond donors (Lipinski definition) is 1. The highest BCUT2D eigenvalue weighted by Gasteiger charge is 2.29. The minimum atomic E-state index is 0.216. The van der Waals surface area contributed by atoms with Crippen molar-refractivity contribution in [1.82, 2.24) is 15.3 Å². The molecule has 1 aromatic carbocycles. The lowest BCUT2D eigenvalue weighted by Crippen LogP contribution is -2.50. The van der Waals surface area contributed by atoms with Gasteiger partial charge in [0.15, 0.2) is 0 Å². The molecule has 3 rings (SSSR count). The Morgan fingerprint density at radius 3 is 2.54 bits per heavy atom. The second-order valence-electron chi connectivity index (χ2n) is 6.56. The predicted octanol–water partition coefficient (Wildman–Crippen LogP) is 4.34. The Morgan fingerprint density at radius 2 is 1.92 bits per heavy atom. The summed E-state index contributed by atoms with van der Waals surface area (Å²) < 4.78 is 0. The number of benzene rings is 1. The van der Waals surface area contributed by atoms with Gasteiger partial charge in [-0.1, -0.05) is 35.3 Å². The van der Waals surface area contributed by atoms with Crippen LogP contribution in [0, 0.1) is 6.92 Å². The highest BCUT2D eigenvalue weighted by molar-refractivity contribution is 6.43. The molecule has 0 amide bonds. The van der Waals surface area contributed by atoms with Gasteiger partial charge >= 0.3 is 0 Å². The Labute approximate surface area is 153 Å². The number of aromatic nitrogens is 2. The molecule has 0 saturated carbocycles. The van der Waals surface area contributed by atoms with Gasteiger partial charge in [0.2, 0.25) is 0 Å². The zero-order chi connectivity index (χ0) is 17.3. The van der Waals surface area contributed by atoms with Gasteiger partial charge in [-0.3, -0.25) is 4.98 Å². The number of hydrogen-bond acceptors (Lipinski definition) is 4. The first-order valence-corrected chi connectivity index (χ1v) is 8.91. The molecule has 0 bridgehead atoms. The third-order valence-electron chi connectivity index (χ3n) is 4.94. The van der Waals surface area contributed by atoms with Gasteiger partial charge < -0.3 is 10.2 Å². The van der Waals surface area contributed by atoms with Gasteiger partial charge in [0, 0.05) is 24.2 Å². The molecular weight excluding hydrogens is 343 g/mol. The van der Waals surface area contributed by atoms with Gasteiger partial charge in [0.25, 0.3) is 0 Å². The van der Waals surface area contributed by atoms with Crippen molar-refractivity contribution in [2.45, 2.75) is 32.2 Å². The molecule has 0 spiro atoms. The average molecular weight is 365 g/mol. The number of aryl methyl sites for hydroxylation is 1. The van der Waals surface area contributed by atoms with Crippen molar-refractivity contribution in [1.29, 1.82) is 0 Å². The normalized spacial score (nSPS) is 17.1. The van der Waals surface area contributed by atoms with E-state index in [4.69, 9.17) is 28.2 Å². The Balaban J connectivity index is 1.85. The van der Waals surface area contributed by atoms with E-state index in [9.17, 15) is 0 Å². The highest BCUT2D eigenvalue weighted by Crippen LogP contribution is 2.34. The lowest BCUT2D eigenvalue weighted by atomic mass is 9.90. The number of anilines is 1. The number of halogens is 2. The van der Waals surface area contributed by atoms with Crippen LogP contribution >= 0.6 is 23.2 Å². The molecule has 128 valence electrons. The second-order valence-corrected chi connectivity index (χ2v) is 7.35. The van der Waals surface area contributed by atoms with Gasteiger partial charge in [-0.15, -0.1) is 0 Å². The Morgan fingerprint density at radius 1 is 1.21 bits per heavy atom.